The van der Waals surface area contributed by atoms with E-state index in [0.29, 0.717) is 18.8 Å². The molecule has 0 aliphatic heterocycles. The van der Waals surface area contributed by atoms with E-state index in [1.807, 2.05) is 6.92 Å². The summed E-state index contributed by atoms with van der Waals surface area (Å²) in [5.41, 5.74) is 6.85. The second-order valence-electron chi connectivity index (χ2n) is 5.46. The molecule has 1 aromatic rings. The van der Waals surface area contributed by atoms with Gasteiger partial charge in [0.2, 0.25) is 0 Å². The third-order valence-electron chi connectivity index (χ3n) is 3.86. The van der Waals surface area contributed by atoms with Gasteiger partial charge in [0, 0.05) is 13.1 Å². The van der Waals surface area contributed by atoms with Crippen molar-refractivity contribution in [2.75, 3.05) is 17.6 Å². The Kier molecular flexibility index (Phi) is 5.25. The minimum atomic E-state index is -0.439. The van der Waals surface area contributed by atoms with Crippen LogP contribution in [0.5, 0.6) is 0 Å². The maximum Gasteiger partial charge on any atom is 0.330 e. The Hall–Kier alpha value is -1.98. The van der Waals surface area contributed by atoms with E-state index in [9.17, 15) is 9.59 Å². The maximum absolute atomic E-state index is 11.9. The minimum absolute atomic E-state index is 0.234. The van der Waals surface area contributed by atoms with Gasteiger partial charge in [0.25, 0.3) is 5.56 Å². The van der Waals surface area contributed by atoms with Crippen molar-refractivity contribution in [2.24, 2.45) is 0 Å². The zero-order chi connectivity index (χ0) is 15.2. The number of allylic oxidation sites excluding steroid dienone is 1. The summed E-state index contributed by atoms with van der Waals surface area (Å²) >= 11 is 0. The van der Waals surface area contributed by atoms with Crippen molar-refractivity contribution in [3.05, 3.63) is 32.5 Å². The van der Waals surface area contributed by atoms with E-state index in [-0.39, 0.29) is 5.82 Å². The molecule has 1 aliphatic rings. The highest BCUT2D eigenvalue weighted by Crippen LogP contribution is 2.20. The topological polar surface area (TPSA) is 92.9 Å². The number of aromatic amines is 1. The monoisotopic (exact) mass is 292 g/mol. The summed E-state index contributed by atoms with van der Waals surface area (Å²) in [5.74, 6) is 0.234. The molecule has 1 heterocycles. The number of rotatable bonds is 7. The van der Waals surface area contributed by atoms with Crippen LogP contribution in [0.1, 0.15) is 45.4 Å². The summed E-state index contributed by atoms with van der Waals surface area (Å²) in [4.78, 5) is 26.0. The fourth-order valence-corrected chi connectivity index (χ4v) is 2.61. The van der Waals surface area contributed by atoms with E-state index in [2.05, 4.69) is 16.4 Å². The first-order valence-corrected chi connectivity index (χ1v) is 7.68. The SMILES string of the molecule is CCCCn1c(N)c(NCCC2=CCCC2)c(=O)[nH]c1=O. The molecule has 2 rings (SSSR count). The number of hydrogen-bond acceptors (Lipinski definition) is 4. The number of aromatic nitrogens is 2. The molecule has 0 amide bonds. The second-order valence-corrected chi connectivity index (χ2v) is 5.46. The average Bonchev–Trinajstić information content (AvgIpc) is 2.95. The molecular weight excluding hydrogens is 268 g/mol. The molecule has 6 heteroatoms. The number of nitrogen functional groups attached to an aromatic ring is 1. The van der Waals surface area contributed by atoms with Crippen molar-refractivity contribution in [2.45, 2.75) is 52.0 Å². The fraction of sp³-hybridized carbons (Fsp3) is 0.600. The van der Waals surface area contributed by atoms with E-state index in [4.69, 9.17) is 5.73 Å². The number of nitrogens with one attached hydrogen (secondary N) is 2. The summed E-state index contributed by atoms with van der Waals surface area (Å²) in [6.07, 6.45) is 8.50. The molecule has 0 spiro atoms. The number of unbranched alkanes of at least 4 members (excludes halogenated alkanes) is 1. The molecule has 0 fully saturated rings. The van der Waals surface area contributed by atoms with Gasteiger partial charge in [-0.15, -0.1) is 0 Å². The van der Waals surface area contributed by atoms with Crippen LogP contribution in [-0.4, -0.2) is 16.1 Å². The van der Waals surface area contributed by atoms with Crippen LogP contribution in [-0.2, 0) is 6.54 Å². The van der Waals surface area contributed by atoms with Gasteiger partial charge in [0.15, 0.2) is 0 Å². The van der Waals surface area contributed by atoms with Crippen molar-refractivity contribution < 1.29 is 0 Å². The van der Waals surface area contributed by atoms with Crippen LogP contribution in [0.15, 0.2) is 21.2 Å². The molecule has 116 valence electrons. The molecule has 0 saturated carbocycles. The third kappa shape index (κ3) is 3.77. The van der Waals surface area contributed by atoms with Gasteiger partial charge in [0.05, 0.1) is 0 Å². The molecular formula is C15H24N4O2. The molecule has 0 radical (unpaired) electrons. The molecule has 0 aromatic carbocycles. The molecule has 4 N–H and O–H groups in total. The highest BCUT2D eigenvalue weighted by Gasteiger charge is 2.12. The van der Waals surface area contributed by atoms with Crippen LogP contribution >= 0.6 is 0 Å². The van der Waals surface area contributed by atoms with E-state index in [1.54, 1.807) is 0 Å². The molecule has 0 atom stereocenters. The van der Waals surface area contributed by atoms with Gasteiger partial charge in [-0.3, -0.25) is 14.3 Å². The van der Waals surface area contributed by atoms with Crippen molar-refractivity contribution in [1.82, 2.24) is 9.55 Å². The Morgan fingerprint density at radius 1 is 1.43 bits per heavy atom. The number of hydrogen-bond donors (Lipinski definition) is 3. The van der Waals surface area contributed by atoms with Crippen LogP contribution in [0.4, 0.5) is 11.5 Å². The Morgan fingerprint density at radius 2 is 2.24 bits per heavy atom. The molecule has 0 saturated heterocycles. The standard InChI is InChI=1S/C15H24N4O2/c1-2-3-10-19-13(16)12(14(20)18-15(19)21)17-9-8-11-6-4-5-7-11/h6,17H,2-5,7-10,16H2,1H3,(H,18,20,21). The minimum Gasteiger partial charge on any atom is -0.383 e. The Balaban J connectivity index is 2.10. The lowest BCUT2D eigenvalue weighted by atomic mass is 10.2. The first kappa shape index (κ1) is 15.4. The number of anilines is 2. The Morgan fingerprint density at radius 3 is 2.90 bits per heavy atom. The maximum atomic E-state index is 11.9. The normalized spacial score (nSPS) is 14.2. The highest BCUT2D eigenvalue weighted by atomic mass is 16.2. The van der Waals surface area contributed by atoms with Crippen LogP contribution in [0.25, 0.3) is 0 Å². The van der Waals surface area contributed by atoms with E-state index >= 15 is 0 Å². The number of H-pyrrole nitrogens is 1. The van der Waals surface area contributed by atoms with Crippen molar-refractivity contribution in [3.8, 4) is 0 Å². The largest absolute Gasteiger partial charge is 0.383 e. The first-order chi connectivity index (χ1) is 10.1. The molecule has 0 bridgehead atoms. The predicted molar refractivity (Wildman–Crippen MR) is 85.7 cm³/mol. The molecule has 1 aliphatic carbocycles. The lowest BCUT2D eigenvalue weighted by Crippen LogP contribution is -2.34. The van der Waals surface area contributed by atoms with Crippen molar-refractivity contribution in [3.63, 3.8) is 0 Å². The van der Waals surface area contributed by atoms with Gasteiger partial charge < -0.3 is 11.1 Å². The summed E-state index contributed by atoms with van der Waals surface area (Å²) in [6, 6.07) is 0. The zero-order valence-electron chi connectivity index (χ0n) is 12.6. The lowest BCUT2D eigenvalue weighted by molar-refractivity contribution is 0.605. The van der Waals surface area contributed by atoms with Gasteiger partial charge in [-0.1, -0.05) is 25.0 Å². The molecule has 1 aromatic heterocycles. The smallest absolute Gasteiger partial charge is 0.330 e. The Bertz CT molecular complexity index is 628. The fourth-order valence-electron chi connectivity index (χ4n) is 2.61. The third-order valence-corrected chi connectivity index (χ3v) is 3.86. The van der Waals surface area contributed by atoms with Gasteiger partial charge in [-0.2, -0.15) is 0 Å². The van der Waals surface area contributed by atoms with Crippen LogP contribution in [0.3, 0.4) is 0 Å². The van der Waals surface area contributed by atoms with Gasteiger partial charge in [0.1, 0.15) is 11.5 Å². The summed E-state index contributed by atoms with van der Waals surface area (Å²) < 4.78 is 1.43. The average molecular weight is 292 g/mol. The Labute approximate surface area is 124 Å². The number of nitrogens with two attached hydrogens (primary N) is 1. The molecule has 0 unspecified atom stereocenters. The quantitative estimate of drug-likeness (QED) is 0.668. The molecule has 21 heavy (non-hydrogen) atoms. The summed E-state index contributed by atoms with van der Waals surface area (Å²) in [5, 5.41) is 3.08. The van der Waals surface area contributed by atoms with Crippen LogP contribution < -0.4 is 22.3 Å². The van der Waals surface area contributed by atoms with Crippen molar-refractivity contribution >= 4 is 11.5 Å². The van der Waals surface area contributed by atoms with Crippen molar-refractivity contribution in [1.29, 1.82) is 0 Å². The summed E-state index contributed by atoms with van der Waals surface area (Å²) in [7, 11) is 0. The van der Waals surface area contributed by atoms with E-state index < -0.39 is 11.2 Å². The van der Waals surface area contributed by atoms with Gasteiger partial charge >= 0.3 is 5.69 Å². The zero-order valence-corrected chi connectivity index (χ0v) is 12.6. The number of nitrogens with zero attached hydrogens (tertiary/aromatic N) is 1. The van der Waals surface area contributed by atoms with Crippen LogP contribution in [0.2, 0.25) is 0 Å². The predicted octanol–water partition coefficient (Wildman–Crippen LogP) is 1.83. The molecule has 6 nitrogen and oxygen atoms in total. The highest BCUT2D eigenvalue weighted by molar-refractivity contribution is 5.60. The first-order valence-electron chi connectivity index (χ1n) is 7.68. The van der Waals surface area contributed by atoms with E-state index in [0.717, 1.165) is 32.1 Å². The van der Waals surface area contributed by atoms with E-state index in [1.165, 1.54) is 16.6 Å². The van der Waals surface area contributed by atoms with Gasteiger partial charge in [-0.25, -0.2) is 4.79 Å². The van der Waals surface area contributed by atoms with Crippen LogP contribution in [0, 0.1) is 0 Å². The summed E-state index contributed by atoms with van der Waals surface area (Å²) in [6.45, 7) is 3.23. The second kappa shape index (κ2) is 7.15. The lowest BCUT2D eigenvalue weighted by Gasteiger charge is -2.13. The van der Waals surface area contributed by atoms with Gasteiger partial charge in [-0.05, 0) is 32.1 Å².